The second kappa shape index (κ2) is 8.19. The highest BCUT2D eigenvalue weighted by Gasteiger charge is 2.38. The molecular formula is C18H17F3N4O3S2. The van der Waals surface area contributed by atoms with Crippen LogP contribution in [-0.4, -0.2) is 32.3 Å². The lowest BCUT2D eigenvalue weighted by Crippen LogP contribution is -2.19. The van der Waals surface area contributed by atoms with Gasteiger partial charge in [0.1, 0.15) is 5.56 Å². The molecule has 3 rings (SSSR count). The minimum Gasteiger partial charge on any atom is -0.494 e. The summed E-state index contributed by atoms with van der Waals surface area (Å²) in [5.74, 6) is -1.46. The molecule has 4 N–H and O–H groups in total. The Bertz CT molecular complexity index is 1140. The number of hydrogen-bond donors (Lipinski definition) is 3. The fraction of sp³-hybridized carbons (Fsp3) is 0.278. The first-order valence-electron chi connectivity index (χ1n) is 8.69. The Kier molecular flexibility index (Phi) is 5.99. The number of primary amides is 1. The number of alkyl halides is 3. The maximum absolute atomic E-state index is 13.9. The quantitative estimate of drug-likeness (QED) is 0.475. The van der Waals surface area contributed by atoms with Crippen LogP contribution in [0.1, 0.15) is 34.1 Å². The van der Waals surface area contributed by atoms with Crippen molar-refractivity contribution >= 4 is 51.1 Å². The Balaban J connectivity index is 2.29. The van der Waals surface area contributed by atoms with Crippen molar-refractivity contribution in [3.63, 3.8) is 0 Å². The van der Waals surface area contributed by atoms with Crippen LogP contribution in [0.5, 0.6) is 5.88 Å². The molecule has 3 aromatic rings. The van der Waals surface area contributed by atoms with Gasteiger partial charge in [-0.25, -0.2) is 14.3 Å². The van der Waals surface area contributed by atoms with Crippen LogP contribution in [0.4, 0.5) is 23.1 Å². The number of halogens is 3. The van der Waals surface area contributed by atoms with Crippen LogP contribution in [0.15, 0.2) is 23.2 Å². The zero-order valence-electron chi connectivity index (χ0n) is 15.8. The number of thioether (sulfide) groups is 1. The van der Waals surface area contributed by atoms with Gasteiger partial charge in [-0.15, -0.1) is 23.1 Å². The average Bonchev–Trinajstić information content (AvgIpc) is 3.17. The third kappa shape index (κ3) is 4.10. The summed E-state index contributed by atoms with van der Waals surface area (Å²) in [6, 6.07) is 0.990. The van der Waals surface area contributed by atoms with Crippen LogP contribution >= 0.6 is 23.1 Å². The Labute approximate surface area is 177 Å². The van der Waals surface area contributed by atoms with E-state index in [0.29, 0.717) is 16.7 Å². The number of hydrogen-bond acceptors (Lipinski definition) is 6. The lowest BCUT2D eigenvalue weighted by molar-refractivity contribution is -0.136. The zero-order chi connectivity index (χ0) is 22.2. The minimum atomic E-state index is -4.84. The van der Waals surface area contributed by atoms with Gasteiger partial charge in [0.15, 0.2) is 5.13 Å². The van der Waals surface area contributed by atoms with Gasteiger partial charge in [0.05, 0.1) is 11.1 Å². The minimum absolute atomic E-state index is 0.139. The van der Waals surface area contributed by atoms with Crippen molar-refractivity contribution in [1.29, 1.82) is 0 Å². The lowest BCUT2D eigenvalue weighted by Gasteiger charge is -2.12. The van der Waals surface area contributed by atoms with Gasteiger partial charge >= 0.3 is 12.2 Å². The van der Waals surface area contributed by atoms with Crippen LogP contribution in [0.25, 0.3) is 10.9 Å². The number of benzene rings is 1. The molecular weight excluding hydrogens is 441 g/mol. The summed E-state index contributed by atoms with van der Waals surface area (Å²) in [5, 5.41) is 12.4. The van der Waals surface area contributed by atoms with E-state index in [1.54, 1.807) is 6.92 Å². The first-order chi connectivity index (χ1) is 14.0. The summed E-state index contributed by atoms with van der Waals surface area (Å²) in [6.07, 6.45) is -2.65. The number of nitrogens with zero attached hydrogens (tertiary/aromatic N) is 2. The van der Waals surface area contributed by atoms with E-state index in [0.717, 1.165) is 34.0 Å². The number of nitrogens with two attached hydrogens (primary N) is 1. The van der Waals surface area contributed by atoms with Crippen molar-refractivity contribution in [2.75, 3.05) is 11.1 Å². The standard InChI is InChI=1S/C18H17F3N4O3S2/c1-3-4-29-9-5-10(18(19,20)21)12-11(6-9)25(16(22)28)15(27)13(12)14(26)24-17-23-7-8(2)30-17/h5-7,27H,3-4H2,1-2H3,(H2,22,28)(H,23,24,26). The maximum Gasteiger partial charge on any atom is 0.417 e. The Morgan fingerprint density at radius 2 is 2.07 bits per heavy atom. The number of nitrogens with one attached hydrogen (secondary N) is 1. The molecule has 0 fully saturated rings. The van der Waals surface area contributed by atoms with Crippen LogP contribution in [0.3, 0.4) is 0 Å². The van der Waals surface area contributed by atoms with Crippen molar-refractivity contribution in [3.8, 4) is 5.88 Å². The molecule has 12 heteroatoms. The normalized spacial score (nSPS) is 11.8. The van der Waals surface area contributed by atoms with E-state index in [-0.39, 0.29) is 15.5 Å². The molecule has 160 valence electrons. The second-order valence-electron chi connectivity index (χ2n) is 6.31. The number of amides is 2. The lowest BCUT2D eigenvalue weighted by atomic mass is 10.0. The molecule has 0 aliphatic heterocycles. The highest BCUT2D eigenvalue weighted by atomic mass is 32.2. The number of aromatic hydroxyl groups is 1. The molecule has 0 atom stereocenters. The van der Waals surface area contributed by atoms with Gasteiger partial charge in [-0.2, -0.15) is 13.2 Å². The summed E-state index contributed by atoms with van der Waals surface area (Å²) in [5.41, 5.74) is 3.15. The molecule has 0 saturated heterocycles. The van der Waals surface area contributed by atoms with Gasteiger partial charge in [-0.05, 0) is 31.2 Å². The fourth-order valence-electron chi connectivity index (χ4n) is 2.91. The van der Waals surface area contributed by atoms with Gasteiger partial charge in [0.2, 0.25) is 5.88 Å². The van der Waals surface area contributed by atoms with E-state index >= 15 is 0 Å². The predicted octanol–water partition coefficient (Wildman–Crippen LogP) is 4.81. The van der Waals surface area contributed by atoms with Crippen molar-refractivity contribution in [1.82, 2.24) is 9.55 Å². The number of carbonyl (C=O) groups excluding carboxylic acids is 2. The zero-order valence-corrected chi connectivity index (χ0v) is 17.5. The topological polar surface area (TPSA) is 110 Å². The van der Waals surface area contributed by atoms with Crippen LogP contribution in [0.2, 0.25) is 0 Å². The summed E-state index contributed by atoms with van der Waals surface area (Å²) in [6.45, 7) is 3.61. The molecule has 0 unspecified atom stereocenters. The summed E-state index contributed by atoms with van der Waals surface area (Å²) in [4.78, 5) is 29.6. The number of aryl methyl sites for hydroxylation is 1. The van der Waals surface area contributed by atoms with E-state index in [1.165, 1.54) is 12.3 Å². The van der Waals surface area contributed by atoms with Gasteiger partial charge in [-0.3, -0.25) is 10.1 Å². The molecule has 1 aromatic carbocycles. The number of rotatable bonds is 5. The second-order valence-corrected chi connectivity index (χ2v) is 8.72. The molecule has 2 heterocycles. The monoisotopic (exact) mass is 458 g/mol. The average molecular weight is 458 g/mol. The molecule has 0 aliphatic carbocycles. The molecule has 7 nitrogen and oxygen atoms in total. The van der Waals surface area contributed by atoms with Crippen LogP contribution in [0, 0.1) is 6.92 Å². The first kappa shape index (κ1) is 22.0. The first-order valence-corrected chi connectivity index (χ1v) is 10.5. The van der Waals surface area contributed by atoms with Crippen LogP contribution < -0.4 is 11.1 Å². The third-order valence-corrected chi connectivity index (χ3v) is 6.09. The third-order valence-electron chi connectivity index (χ3n) is 4.08. The highest BCUT2D eigenvalue weighted by Crippen LogP contribution is 2.43. The molecule has 2 amide bonds. The number of fused-ring (bicyclic) bond motifs is 1. The summed E-state index contributed by atoms with van der Waals surface area (Å²) in [7, 11) is 0. The molecule has 30 heavy (non-hydrogen) atoms. The predicted molar refractivity (Wildman–Crippen MR) is 109 cm³/mol. The number of anilines is 1. The van der Waals surface area contributed by atoms with Gasteiger partial charge in [-0.1, -0.05) is 6.92 Å². The van der Waals surface area contributed by atoms with E-state index in [1.807, 2.05) is 6.92 Å². The molecule has 0 aliphatic rings. The van der Waals surface area contributed by atoms with Gasteiger partial charge < -0.3 is 10.8 Å². The summed E-state index contributed by atoms with van der Waals surface area (Å²) >= 11 is 2.27. The number of carbonyl (C=O) groups is 2. The van der Waals surface area contributed by atoms with E-state index in [2.05, 4.69) is 10.3 Å². The van der Waals surface area contributed by atoms with Crippen LogP contribution in [-0.2, 0) is 6.18 Å². The van der Waals surface area contributed by atoms with E-state index < -0.39 is 40.5 Å². The maximum atomic E-state index is 13.9. The summed E-state index contributed by atoms with van der Waals surface area (Å²) < 4.78 is 42.1. The van der Waals surface area contributed by atoms with E-state index in [9.17, 15) is 27.9 Å². The molecule has 0 saturated carbocycles. The molecule has 0 spiro atoms. The Hall–Kier alpha value is -2.73. The van der Waals surface area contributed by atoms with Crippen molar-refractivity contribution in [3.05, 3.63) is 34.3 Å². The van der Waals surface area contributed by atoms with Crippen molar-refractivity contribution < 1.29 is 27.9 Å². The SMILES string of the molecule is CCCSc1cc(C(F)(F)F)c2c(C(=O)Nc3ncc(C)s3)c(O)n(C(N)=O)c2c1. The van der Waals surface area contributed by atoms with E-state index in [4.69, 9.17) is 5.73 Å². The Morgan fingerprint density at radius 3 is 2.60 bits per heavy atom. The molecule has 2 aromatic heterocycles. The van der Waals surface area contributed by atoms with Gasteiger partial charge in [0.25, 0.3) is 5.91 Å². The fourth-order valence-corrected chi connectivity index (χ4v) is 4.41. The largest absolute Gasteiger partial charge is 0.494 e. The van der Waals surface area contributed by atoms with Crippen molar-refractivity contribution in [2.45, 2.75) is 31.3 Å². The highest BCUT2D eigenvalue weighted by molar-refractivity contribution is 7.99. The Morgan fingerprint density at radius 1 is 1.37 bits per heavy atom. The smallest absolute Gasteiger partial charge is 0.417 e. The molecule has 0 bridgehead atoms. The van der Waals surface area contributed by atoms with Gasteiger partial charge in [0, 0.05) is 21.4 Å². The number of aromatic nitrogens is 2. The molecule has 0 radical (unpaired) electrons. The van der Waals surface area contributed by atoms with Crippen molar-refractivity contribution in [2.24, 2.45) is 5.73 Å². The number of thiazole rings is 1.